The van der Waals surface area contributed by atoms with Crippen LogP contribution in [0.4, 0.5) is 17.1 Å². The van der Waals surface area contributed by atoms with Crippen LogP contribution in [0.5, 0.6) is 0 Å². The summed E-state index contributed by atoms with van der Waals surface area (Å²) in [4.78, 5) is 2.32. The minimum atomic E-state index is 0.914. The normalized spacial score (nSPS) is 11.5. The molecule has 0 bridgehead atoms. The van der Waals surface area contributed by atoms with Crippen LogP contribution in [0.1, 0.15) is 0 Å². The van der Waals surface area contributed by atoms with Crippen molar-refractivity contribution in [3.63, 3.8) is 0 Å². The van der Waals surface area contributed by atoms with Crippen LogP contribution in [-0.2, 0) is 0 Å². The Labute approximate surface area is 366 Å². The van der Waals surface area contributed by atoms with E-state index in [1.165, 1.54) is 55.3 Å². The summed E-state index contributed by atoms with van der Waals surface area (Å²) in [5.74, 6) is 0. The van der Waals surface area contributed by atoms with E-state index in [0.29, 0.717) is 0 Å². The highest BCUT2D eigenvalue weighted by molar-refractivity contribution is 6.10. The van der Waals surface area contributed by atoms with E-state index in [1.54, 1.807) is 0 Å². The lowest BCUT2D eigenvalue weighted by Gasteiger charge is -2.26. The topological polar surface area (TPSA) is 21.3 Å². The fourth-order valence-corrected chi connectivity index (χ4v) is 9.38. The molecule has 0 saturated carbocycles. The van der Waals surface area contributed by atoms with Gasteiger partial charge < -0.3 is 13.9 Å². The van der Waals surface area contributed by atoms with E-state index < -0.39 is 0 Å². The van der Waals surface area contributed by atoms with Crippen LogP contribution in [0.3, 0.4) is 0 Å². The monoisotopic (exact) mass is 804 g/mol. The maximum Gasteiger partial charge on any atom is 0.143 e. The van der Waals surface area contributed by atoms with E-state index in [-0.39, 0.29) is 0 Å². The smallest absolute Gasteiger partial charge is 0.143 e. The van der Waals surface area contributed by atoms with Crippen LogP contribution in [0.2, 0.25) is 0 Å². The Hall–Kier alpha value is -8.40. The maximum absolute atomic E-state index is 6.34. The Kier molecular flexibility index (Phi) is 8.83. The summed E-state index contributed by atoms with van der Waals surface area (Å²) in [7, 11) is 0. The molecule has 0 aliphatic heterocycles. The van der Waals surface area contributed by atoms with Gasteiger partial charge in [-0.2, -0.15) is 0 Å². The van der Waals surface area contributed by atoms with Gasteiger partial charge in [0.05, 0.1) is 16.7 Å². The van der Waals surface area contributed by atoms with Gasteiger partial charge in [0.2, 0.25) is 0 Å². The SMILES string of the molecule is c1ccc(N(c2ccc(-c3ccc(-c4ccccc4-n4c5ccccc5c5ccccc54)cc3)cc2)c2ccc(-c3ccc(-c4cccc5c4oc4ccccc45)cc3)cc2)cc1. The molecule has 0 aliphatic rings. The Morgan fingerprint density at radius 2 is 0.698 bits per heavy atom. The first kappa shape index (κ1) is 36.5. The second-order valence-corrected chi connectivity index (χ2v) is 16.1. The molecule has 0 saturated heterocycles. The molecule has 12 rings (SSSR count). The molecule has 10 aromatic carbocycles. The molecule has 0 amide bonds. The number of anilines is 3. The molecule has 12 aromatic rings. The molecule has 0 fully saturated rings. The molecule has 0 radical (unpaired) electrons. The van der Waals surface area contributed by atoms with Crippen LogP contribution >= 0.6 is 0 Å². The lowest BCUT2D eigenvalue weighted by Crippen LogP contribution is -2.09. The summed E-state index contributed by atoms with van der Waals surface area (Å²) in [5, 5.41) is 4.82. The summed E-state index contributed by atoms with van der Waals surface area (Å²) in [5.41, 5.74) is 18.0. The average molecular weight is 805 g/mol. The van der Waals surface area contributed by atoms with E-state index in [9.17, 15) is 0 Å². The maximum atomic E-state index is 6.34. The highest BCUT2D eigenvalue weighted by Gasteiger charge is 2.17. The van der Waals surface area contributed by atoms with Crippen LogP contribution in [-0.4, -0.2) is 4.57 Å². The van der Waals surface area contributed by atoms with Crippen molar-refractivity contribution in [2.24, 2.45) is 0 Å². The van der Waals surface area contributed by atoms with Crippen molar-refractivity contribution in [2.75, 3.05) is 4.90 Å². The van der Waals surface area contributed by atoms with Crippen molar-refractivity contribution in [1.82, 2.24) is 4.57 Å². The molecule has 296 valence electrons. The van der Waals surface area contributed by atoms with E-state index >= 15 is 0 Å². The first-order valence-corrected chi connectivity index (χ1v) is 21.5. The average Bonchev–Trinajstić information content (AvgIpc) is 3.91. The van der Waals surface area contributed by atoms with Crippen molar-refractivity contribution < 1.29 is 4.42 Å². The van der Waals surface area contributed by atoms with Gasteiger partial charge in [-0.25, -0.2) is 0 Å². The highest BCUT2D eigenvalue weighted by atomic mass is 16.3. The molecule has 63 heavy (non-hydrogen) atoms. The third-order valence-corrected chi connectivity index (χ3v) is 12.5. The number of para-hydroxylation sites is 6. The number of rotatable bonds is 8. The number of hydrogen-bond donors (Lipinski definition) is 0. The number of nitrogens with zero attached hydrogens (tertiary/aromatic N) is 2. The molecule has 0 aliphatic carbocycles. The Morgan fingerprint density at radius 1 is 0.286 bits per heavy atom. The molecular weight excluding hydrogens is 765 g/mol. The van der Waals surface area contributed by atoms with Crippen molar-refractivity contribution >= 4 is 60.8 Å². The van der Waals surface area contributed by atoms with Crippen LogP contribution < -0.4 is 4.90 Å². The van der Waals surface area contributed by atoms with Gasteiger partial charge in [0, 0.05) is 49.7 Å². The number of benzene rings is 10. The number of fused-ring (bicyclic) bond motifs is 6. The van der Waals surface area contributed by atoms with Gasteiger partial charge >= 0.3 is 0 Å². The van der Waals surface area contributed by atoms with Gasteiger partial charge in [0.15, 0.2) is 0 Å². The van der Waals surface area contributed by atoms with E-state index in [0.717, 1.165) is 55.7 Å². The first-order valence-electron chi connectivity index (χ1n) is 21.5. The van der Waals surface area contributed by atoms with Gasteiger partial charge in [-0.3, -0.25) is 0 Å². The van der Waals surface area contributed by atoms with Crippen LogP contribution in [0.15, 0.2) is 247 Å². The zero-order valence-electron chi connectivity index (χ0n) is 34.4. The molecule has 3 nitrogen and oxygen atoms in total. The summed E-state index contributed by atoms with van der Waals surface area (Å²) >= 11 is 0. The quantitative estimate of drug-likeness (QED) is 0.153. The second-order valence-electron chi connectivity index (χ2n) is 16.1. The standard InChI is InChI=1S/C60H40N2O/c1-2-13-47(14-3-1)61(49-39-35-44(36-40-49)42-27-31-46(32-28-42)51-19-12-20-55-54-18-7-11-24-59(54)63-60(51)55)48-37-33-43(34-38-48)41-25-29-45(30-26-41)50-15-4-8-21-56(50)62-57-22-9-5-16-52(57)53-17-6-10-23-58(53)62/h1-40H. The molecule has 0 atom stereocenters. The minimum Gasteiger partial charge on any atom is -0.455 e. The van der Waals surface area contributed by atoms with E-state index in [2.05, 4.69) is 240 Å². The summed E-state index contributed by atoms with van der Waals surface area (Å²) in [6.07, 6.45) is 0. The number of aromatic nitrogens is 1. The number of furan rings is 1. The van der Waals surface area contributed by atoms with Crippen molar-refractivity contribution in [1.29, 1.82) is 0 Å². The zero-order chi connectivity index (χ0) is 41.7. The third-order valence-electron chi connectivity index (χ3n) is 12.5. The molecule has 3 heteroatoms. The largest absolute Gasteiger partial charge is 0.455 e. The molecular formula is C60H40N2O. The summed E-state index contributed by atoms with van der Waals surface area (Å²) in [6, 6.07) is 86.9. The summed E-state index contributed by atoms with van der Waals surface area (Å²) in [6.45, 7) is 0. The zero-order valence-corrected chi connectivity index (χ0v) is 34.4. The second kappa shape index (κ2) is 15.3. The predicted molar refractivity (Wildman–Crippen MR) is 264 cm³/mol. The minimum absolute atomic E-state index is 0.914. The molecule has 2 heterocycles. The predicted octanol–water partition coefficient (Wildman–Crippen LogP) is 16.8. The molecule has 2 aromatic heterocycles. The van der Waals surface area contributed by atoms with E-state index in [1.807, 2.05) is 12.1 Å². The Balaban J connectivity index is 0.820. The van der Waals surface area contributed by atoms with Crippen molar-refractivity contribution in [3.8, 4) is 50.2 Å². The highest BCUT2D eigenvalue weighted by Crippen LogP contribution is 2.40. The molecule has 0 N–H and O–H groups in total. The van der Waals surface area contributed by atoms with Crippen molar-refractivity contribution in [3.05, 3.63) is 243 Å². The summed E-state index contributed by atoms with van der Waals surface area (Å²) < 4.78 is 8.74. The Morgan fingerprint density at radius 3 is 1.30 bits per heavy atom. The van der Waals surface area contributed by atoms with Crippen LogP contribution in [0.25, 0.3) is 93.9 Å². The number of hydrogen-bond acceptors (Lipinski definition) is 2. The van der Waals surface area contributed by atoms with Gasteiger partial charge in [0.25, 0.3) is 0 Å². The molecule has 0 unspecified atom stereocenters. The van der Waals surface area contributed by atoms with Crippen molar-refractivity contribution in [2.45, 2.75) is 0 Å². The fraction of sp³-hybridized carbons (Fsp3) is 0. The van der Waals surface area contributed by atoms with Gasteiger partial charge in [-0.15, -0.1) is 0 Å². The third kappa shape index (κ3) is 6.38. The Bertz CT molecular complexity index is 3530. The van der Waals surface area contributed by atoms with Gasteiger partial charge in [-0.1, -0.05) is 182 Å². The lowest BCUT2D eigenvalue weighted by atomic mass is 9.98. The van der Waals surface area contributed by atoms with Gasteiger partial charge in [-0.05, 0) is 94.0 Å². The lowest BCUT2D eigenvalue weighted by molar-refractivity contribution is 0.670. The van der Waals surface area contributed by atoms with E-state index in [4.69, 9.17) is 4.42 Å². The molecule has 0 spiro atoms. The first-order chi connectivity index (χ1) is 31.2. The fourth-order valence-electron chi connectivity index (χ4n) is 9.38. The van der Waals surface area contributed by atoms with Crippen LogP contribution in [0, 0.1) is 0 Å². The van der Waals surface area contributed by atoms with Gasteiger partial charge in [0.1, 0.15) is 11.2 Å².